The smallest absolute Gasteiger partial charge is 0.254 e. The number of halogens is 1. The van der Waals surface area contributed by atoms with Crippen LogP contribution in [0, 0.1) is 5.92 Å². The molecule has 1 aromatic rings. The van der Waals surface area contributed by atoms with Gasteiger partial charge in [-0.15, -0.1) is 11.8 Å². The Hall–Kier alpha value is -0.480. The molecule has 1 saturated heterocycles. The first-order chi connectivity index (χ1) is 9.26. The number of piperidine rings is 1. The SMILES string of the molecule is CSc1ccccc1C(=O)N1CCCC(CCBr)C1. The Kier molecular flexibility index (Phi) is 5.76. The van der Waals surface area contributed by atoms with Crippen LogP contribution in [0.1, 0.15) is 29.6 Å². The van der Waals surface area contributed by atoms with Gasteiger partial charge in [0.25, 0.3) is 5.91 Å². The molecule has 104 valence electrons. The van der Waals surface area contributed by atoms with Crippen molar-refractivity contribution in [2.45, 2.75) is 24.2 Å². The molecule has 0 bridgehead atoms. The maximum absolute atomic E-state index is 12.6. The summed E-state index contributed by atoms with van der Waals surface area (Å²) in [7, 11) is 0. The van der Waals surface area contributed by atoms with Crippen LogP contribution in [0.4, 0.5) is 0 Å². The minimum Gasteiger partial charge on any atom is -0.338 e. The highest BCUT2D eigenvalue weighted by molar-refractivity contribution is 9.09. The number of hydrogen-bond acceptors (Lipinski definition) is 2. The summed E-state index contributed by atoms with van der Waals surface area (Å²) in [5.41, 5.74) is 0.856. The van der Waals surface area contributed by atoms with E-state index in [0.29, 0.717) is 5.92 Å². The lowest BCUT2D eigenvalue weighted by atomic mass is 9.95. The highest BCUT2D eigenvalue weighted by atomic mass is 79.9. The average Bonchev–Trinajstić information content (AvgIpc) is 2.47. The van der Waals surface area contributed by atoms with Crippen molar-refractivity contribution in [2.75, 3.05) is 24.7 Å². The summed E-state index contributed by atoms with van der Waals surface area (Å²) in [6.07, 6.45) is 5.56. The van der Waals surface area contributed by atoms with Crippen LogP contribution in [0.2, 0.25) is 0 Å². The Labute approximate surface area is 128 Å². The molecule has 19 heavy (non-hydrogen) atoms. The predicted molar refractivity (Wildman–Crippen MR) is 85.3 cm³/mol. The quantitative estimate of drug-likeness (QED) is 0.608. The van der Waals surface area contributed by atoms with E-state index in [1.165, 1.54) is 6.42 Å². The summed E-state index contributed by atoms with van der Waals surface area (Å²) in [6.45, 7) is 1.81. The Morgan fingerprint density at radius 1 is 1.47 bits per heavy atom. The summed E-state index contributed by atoms with van der Waals surface area (Å²) in [4.78, 5) is 15.7. The van der Waals surface area contributed by atoms with Crippen molar-refractivity contribution in [2.24, 2.45) is 5.92 Å². The van der Waals surface area contributed by atoms with E-state index >= 15 is 0 Å². The second-order valence-corrected chi connectivity index (χ2v) is 6.58. The molecule has 1 aliphatic heterocycles. The molecule has 1 heterocycles. The van der Waals surface area contributed by atoms with Crippen LogP contribution in [0.25, 0.3) is 0 Å². The standard InChI is InChI=1S/C15H20BrNOS/c1-19-14-7-3-2-6-13(14)15(18)17-10-4-5-12(11-17)8-9-16/h2-3,6-7,12H,4-5,8-11H2,1H3. The molecule has 0 N–H and O–H groups in total. The van der Waals surface area contributed by atoms with Crippen molar-refractivity contribution < 1.29 is 4.79 Å². The zero-order valence-electron chi connectivity index (χ0n) is 11.3. The third-order valence-corrected chi connectivity index (χ3v) is 4.91. The van der Waals surface area contributed by atoms with Gasteiger partial charge >= 0.3 is 0 Å². The number of carbonyl (C=O) groups excluding carboxylic acids is 1. The Morgan fingerprint density at radius 3 is 3.00 bits per heavy atom. The molecule has 1 aliphatic rings. The number of thioether (sulfide) groups is 1. The largest absolute Gasteiger partial charge is 0.338 e. The van der Waals surface area contributed by atoms with E-state index in [-0.39, 0.29) is 5.91 Å². The lowest BCUT2D eigenvalue weighted by Crippen LogP contribution is -2.40. The fourth-order valence-corrected chi connectivity index (χ4v) is 3.87. The van der Waals surface area contributed by atoms with Gasteiger partial charge in [-0.1, -0.05) is 28.1 Å². The lowest BCUT2D eigenvalue weighted by molar-refractivity contribution is 0.0668. The van der Waals surface area contributed by atoms with Gasteiger partial charge in [0, 0.05) is 23.3 Å². The first kappa shape index (κ1) is 14.9. The van der Waals surface area contributed by atoms with Crippen molar-refractivity contribution in [3.05, 3.63) is 29.8 Å². The molecule has 2 rings (SSSR count). The molecule has 1 unspecified atom stereocenters. The average molecular weight is 342 g/mol. The Bertz CT molecular complexity index is 436. The fourth-order valence-electron chi connectivity index (χ4n) is 2.63. The van der Waals surface area contributed by atoms with Gasteiger partial charge in [0.2, 0.25) is 0 Å². The van der Waals surface area contributed by atoms with Gasteiger partial charge in [-0.05, 0) is 43.6 Å². The van der Waals surface area contributed by atoms with Crippen molar-refractivity contribution in [3.8, 4) is 0 Å². The van der Waals surface area contributed by atoms with Crippen LogP contribution >= 0.6 is 27.7 Å². The summed E-state index contributed by atoms with van der Waals surface area (Å²) < 4.78 is 0. The van der Waals surface area contributed by atoms with Crippen molar-refractivity contribution >= 4 is 33.6 Å². The minimum atomic E-state index is 0.198. The molecule has 0 radical (unpaired) electrons. The normalized spacial score (nSPS) is 19.5. The van der Waals surface area contributed by atoms with Crippen molar-refractivity contribution in [1.82, 2.24) is 4.90 Å². The number of amides is 1. The van der Waals surface area contributed by atoms with E-state index in [1.54, 1.807) is 11.8 Å². The van der Waals surface area contributed by atoms with Crippen LogP contribution in [0.15, 0.2) is 29.2 Å². The van der Waals surface area contributed by atoms with Gasteiger partial charge in [-0.2, -0.15) is 0 Å². The molecular weight excluding hydrogens is 322 g/mol. The van der Waals surface area contributed by atoms with E-state index in [9.17, 15) is 4.79 Å². The summed E-state index contributed by atoms with van der Waals surface area (Å²) >= 11 is 5.15. The molecule has 1 fully saturated rings. The fraction of sp³-hybridized carbons (Fsp3) is 0.533. The van der Waals surface area contributed by atoms with Gasteiger partial charge in [0.15, 0.2) is 0 Å². The molecule has 0 saturated carbocycles. The van der Waals surface area contributed by atoms with Crippen LogP contribution in [0.5, 0.6) is 0 Å². The molecule has 0 aliphatic carbocycles. The molecular formula is C15H20BrNOS. The van der Waals surface area contributed by atoms with E-state index in [0.717, 1.165) is 41.7 Å². The number of hydrogen-bond donors (Lipinski definition) is 0. The molecule has 0 aromatic heterocycles. The Morgan fingerprint density at radius 2 is 2.26 bits per heavy atom. The van der Waals surface area contributed by atoms with Gasteiger partial charge in [-0.3, -0.25) is 4.79 Å². The zero-order valence-corrected chi connectivity index (χ0v) is 13.7. The molecule has 0 spiro atoms. The van der Waals surface area contributed by atoms with E-state index < -0.39 is 0 Å². The molecule has 4 heteroatoms. The minimum absolute atomic E-state index is 0.198. The topological polar surface area (TPSA) is 20.3 Å². The van der Waals surface area contributed by atoms with Crippen molar-refractivity contribution in [1.29, 1.82) is 0 Å². The molecule has 1 amide bonds. The van der Waals surface area contributed by atoms with Gasteiger partial charge in [0.1, 0.15) is 0 Å². The van der Waals surface area contributed by atoms with E-state index in [2.05, 4.69) is 15.9 Å². The maximum Gasteiger partial charge on any atom is 0.254 e. The summed E-state index contributed by atoms with van der Waals surface area (Å²) in [5, 5.41) is 1.03. The summed E-state index contributed by atoms with van der Waals surface area (Å²) in [5.74, 6) is 0.850. The van der Waals surface area contributed by atoms with Crippen molar-refractivity contribution in [3.63, 3.8) is 0 Å². The first-order valence-corrected chi connectivity index (χ1v) is 9.09. The van der Waals surface area contributed by atoms with Gasteiger partial charge in [-0.25, -0.2) is 0 Å². The number of likely N-dealkylation sites (tertiary alicyclic amines) is 1. The number of rotatable bonds is 4. The maximum atomic E-state index is 12.6. The second kappa shape index (κ2) is 7.34. The van der Waals surface area contributed by atoms with Crippen LogP contribution in [-0.2, 0) is 0 Å². The summed E-state index contributed by atoms with van der Waals surface area (Å²) in [6, 6.07) is 7.92. The third kappa shape index (κ3) is 3.76. The first-order valence-electron chi connectivity index (χ1n) is 6.74. The van der Waals surface area contributed by atoms with Gasteiger partial charge in [0.05, 0.1) is 5.56 Å². The van der Waals surface area contributed by atoms with Crippen LogP contribution in [0.3, 0.4) is 0 Å². The van der Waals surface area contributed by atoms with Gasteiger partial charge < -0.3 is 4.90 Å². The number of alkyl halides is 1. The third-order valence-electron chi connectivity index (χ3n) is 3.66. The monoisotopic (exact) mass is 341 g/mol. The zero-order chi connectivity index (χ0) is 13.7. The second-order valence-electron chi connectivity index (χ2n) is 4.94. The number of nitrogens with zero attached hydrogens (tertiary/aromatic N) is 1. The number of benzene rings is 1. The molecule has 1 atom stereocenters. The van der Waals surface area contributed by atoms with Crippen LogP contribution < -0.4 is 0 Å². The van der Waals surface area contributed by atoms with E-state index in [1.807, 2.05) is 35.4 Å². The van der Waals surface area contributed by atoms with E-state index in [4.69, 9.17) is 0 Å². The molecule has 2 nitrogen and oxygen atoms in total. The lowest BCUT2D eigenvalue weighted by Gasteiger charge is -2.33. The molecule has 1 aromatic carbocycles. The number of carbonyl (C=O) groups is 1. The van der Waals surface area contributed by atoms with Crippen LogP contribution in [-0.4, -0.2) is 35.5 Å². The highest BCUT2D eigenvalue weighted by Gasteiger charge is 2.25. The highest BCUT2D eigenvalue weighted by Crippen LogP contribution is 2.25. The Balaban J connectivity index is 2.10. The predicted octanol–water partition coefficient (Wildman–Crippen LogP) is 4.05.